The molecule has 1 aliphatic carbocycles. The first-order chi connectivity index (χ1) is 7.61. The fourth-order valence-electron chi connectivity index (χ4n) is 2.53. The fourth-order valence-corrected chi connectivity index (χ4v) is 2.53. The highest BCUT2D eigenvalue weighted by Gasteiger charge is 2.26. The van der Waals surface area contributed by atoms with E-state index >= 15 is 0 Å². The second-order valence-electron chi connectivity index (χ2n) is 5.23. The molecule has 2 atom stereocenters. The van der Waals surface area contributed by atoms with Crippen molar-refractivity contribution in [2.75, 3.05) is 6.54 Å². The largest absolute Gasteiger partial charge is 0.446 e. The van der Waals surface area contributed by atoms with Crippen LogP contribution in [0, 0.1) is 11.8 Å². The van der Waals surface area contributed by atoms with Gasteiger partial charge in [0.1, 0.15) is 6.10 Å². The Kier molecular flexibility index (Phi) is 5.64. The van der Waals surface area contributed by atoms with Crippen LogP contribution in [0.5, 0.6) is 0 Å². The molecular weight excluding hydrogens is 202 g/mol. The van der Waals surface area contributed by atoms with Gasteiger partial charge in [-0.15, -0.1) is 0 Å². The monoisotopic (exact) mass is 227 g/mol. The molecular formula is C13H25NO2. The van der Waals surface area contributed by atoms with E-state index in [1.807, 2.05) is 0 Å². The van der Waals surface area contributed by atoms with Crippen LogP contribution < -0.4 is 5.32 Å². The summed E-state index contributed by atoms with van der Waals surface area (Å²) in [5.74, 6) is 1.36. The maximum absolute atomic E-state index is 11.5. The summed E-state index contributed by atoms with van der Waals surface area (Å²) >= 11 is 0. The average Bonchev–Trinajstić information content (AvgIpc) is 2.16. The Bertz CT molecular complexity index is 208. The van der Waals surface area contributed by atoms with Crippen LogP contribution >= 0.6 is 0 Å². The highest BCUT2D eigenvalue weighted by molar-refractivity contribution is 5.67. The molecule has 0 bridgehead atoms. The molecule has 16 heavy (non-hydrogen) atoms. The van der Waals surface area contributed by atoms with Crippen molar-refractivity contribution < 1.29 is 9.53 Å². The Hall–Kier alpha value is -0.730. The molecule has 94 valence electrons. The predicted molar refractivity (Wildman–Crippen MR) is 65.4 cm³/mol. The van der Waals surface area contributed by atoms with Crippen molar-refractivity contribution in [3.63, 3.8) is 0 Å². The molecule has 0 aromatic rings. The lowest BCUT2D eigenvalue weighted by atomic mass is 9.82. The summed E-state index contributed by atoms with van der Waals surface area (Å²) in [6.45, 7) is 7.31. The number of hydrogen-bond acceptors (Lipinski definition) is 2. The zero-order chi connectivity index (χ0) is 12.0. The van der Waals surface area contributed by atoms with Gasteiger partial charge in [0, 0.05) is 6.54 Å². The van der Waals surface area contributed by atoms with Gasteiger partial charge in [0.2, 0.25) is 0 Å². The van der Waals surface area contributed by atoms with E-state index in [2.05, 4.69) is 26.1 Å². The van der Waals surface area contributed by atoms with E-state index in [0.29, 0.717) is 11.8 Å². The topological polar surface area (TPSA) is 38.3 Å². The van der Waals surface area contributed by atoms with Gasteiger partial charge in [-0.25, -0.2) is 4.79 Å². The van der Waals surface area contributed by atoms with E-state index in [1.54, 1.807) is 0 Å². The Morgan fingerprint density at radius 1 is 1.25 bits per heavy atom. The SMILES string of the molecule is CCCCNC(=O)OC1CC(C)CC(C)C1. The van der Waals surface area contributed by atoms with E-state index in [1.165, 1.54) is 6.42 Å². The third-order valence-corrected chi connectivity index (χ3v) is 3.21. The van der Waals surface area contributed by atoms with Gasteiger partial charge in [0.05, 0.1) is 0 Å². The zero-order valence-corrected chi connectivity index (χ0v) is 10.8. The zero-order valence-electron chi connectivity index (χ0n) is 10.8. The van der Waals surface area contributed by atoms with E-state index in [4.69, 9.17) is 4.74 Å². The summed E-state index contributed by atoms with van der Waals surface area (Å²) in [7, 11) is 0. The van der Waals surface area contributed by atoms with Gasteiger partial charge in [-0.1, -0.05) is 27.2 Å². The summed E-state index contributed by atoms with van der Waals surface area (Å²) in [6.07, 6.45) is 5.30. The molecule has 2 unspecified atom stereocenters. The summed E-state index contributed by atoms with van der Waals surface area (Å²) in [6, 6.07) is 0. The minimum Gasteiger partial charge on any atom is -0.446 e. The maximum atomic E-state index is 11.5. The van der Waals surface area contributed by atoms with Crippen molar-refractivity contribution >= 4 is 6.09 Å². The molecule has 3 heteroatoms. The minimum absolute atomic E-state index is 0.125. The molecule has 1 saturated carbocycles. The van der Waals surface area contributed by atoms with Crippen LogP contribution in [-0.4, -0.2) is 18.7 Å². The third-order valence-electron chi connectivity index (χ3n) is 3.21. The third kappa shape index (κ3) is 4.86. The molecule has 1 rings (SSSR count). The molecule has 0 radical (unpaired) electrons. The van der Waals surface area contributed by atoms with Crippen LogP contribution in [0.25, 0.3) is 0 Å². The quantitative estimate of drug-likeness (QED) is 0.748. The standard InChI is InChI=1S/C13H25NO2/c1-4-5-6-14-13(15)16-12-8-10(2)7-11(3)9-12/h10-12H,4-9H2,1-3H3,(H,14,15). The lowest BCUT2D eigenvalue weighted by Crippen LogP contribution is -2.33. The second-order valence-corrected chi connectivity index (χ2v) is 5.23. The Morgan fingerprint density at radius 3 is 2.44 bits per heavy atom. The van der Waals surface area contributed by atoms with Crippen LogP contribution in [0.3, 0.4) is 0 Å². The first-order valence-corrected chi connectivity index (χ1v) is 6.56. The first kappa shape index (κ1) is 13.3. The summed E-state index contributed by atoms with van der Waals surface area (Å²) in [5.41, 5.74) is 0. The van der Waals surface area contributed by atoms with Crippen molar-refractivity contribution in [3.05, 3.63) is 0 Å². The Labute approximate surface area is 98.9 Å². The van der Waals surface area contributed by atoms with Gasteiger partial charge in [-0.3, -0.25) is 0 Å². The predicted octanol–water partition coefficient (Wildman–Crippen LogP) is 3.34. The van der Waals surface area contributed by atoms with Gasteiger partial charge in [-0.05, 0) is 37.5 Å². The number of unbranched alkanes of at least 4 members (excludes halogenated alkanes) is 1. The molecule has 3 nitrogen and oxygen atoms in total. The van der Waals surface area contributed by atoms with Crippen LogP contribution in [0.4, 0.5) is 4.79 Å². The van der Waals surface area contributed by atoms with Crippen LogP contribution in [0.1, 0.15) is 52.9 Å². The van der Waals surface area contributed by atoms with E-state index in [-0.39, 0.29) is 12.2 Å². The van der Waals surface area contributed by atoms with Gasteiger partial charge >= 0.3 is 6.09 Å². The van der Waals surface area contributed by atoms with Crippen molar-refractivity contribution in [2.24, 2.45) is 11.8 Å². The van der Waals surface area contributed by atoms with Gasteiger partial charge < -0.3 is 10.1 Å². The summed E-state index contributed by atoms with van der Waals surface area (Å²) < 4.78 is 5.43. The molecule has 0 aromatic carbocycles. The average molecular weight is 227 g/mol. The number of amides is 1. The van der Waals surface area contributed by atoms with Gasteiger partial charge in [0.25, 0.3) is 0 Å². The molecule has 1 N–H and O–H groups in total. The van der Waals surface area contributed by atoms with Crippen molar-refractivity contribution in [1.82, 2.24) is 5.32 Å². The molecule has 1 amide bonds. The maximum Gasteiger partial charge on any atom is 0.407 e. The molecule has 0 heterocycles. The smallest absolute Gasteiger partial charge is 0.407 e. The number of carbonyl (C=O) groups is 1. The van der Waals surface area contributed by atoms with Gasteiger partial charge in [0.15, 0.2) is 0 Å². The van der Waals surface area contributed by atoms with Crippen LogP contribution in [0.2, 0.25) is 0 Å². The number of nitrogens with one attached hydrogen (secondary N) is 1. The normalized spacial score (nSPS) is 29.8. The van der Waals surface area contributed by atoms with E-state index < -0.39 is 0 Å². The lowest BCUT2D eigenvalue weighted by molar-refractivity contribution is 0.0468. The molecule has 0 aliphatic heterocycles. The lowest BCUT2D eigenvalue weighted by Gasteiger charge is -2.30. The van der Waals surface area contributed by atoms with Crippen molar-refractivity contribution in [2.45, 2.75) is 59.0 Å². The number of hydrogen-bond donors (Lipinski definition) is 1. The molecule has 0 spiro atoms. The summed E-state index contributed by atoms with van der Waals surface area (Å²) in [4.78, 5) is 11.5. The number of ether oxygens (including phenoxy) is 1. The second kappa shape index (κ2) is 6.77. The molecule has 1 fully saturated rings. The molecule has 0 saturated heterocycles. The highest BCUT2D eigenvalue weighted by atomic mass is 16.6. The summed E-state index contributed by atoms with van der Waals surface area (Å²) in [5, 5.41) is 2.80. The van der Waals surface area contributed by atoms with Crippen molar-refractivity contribution in [3.8, 4) is 0 Å². The fraction of sp³-hybridized carbons (Fsp3) is 0.923. The molecule has 1 aliphatic rings. The Morgan fingerprint density at radius 2 is 1.88 bits per heavy atom. The first-order valence-electron chi connectivity index (χ1n) is 6.56. The number of rotatable bonds is 4. The Balaban J connectivity index is 2.22. The highest BCUT2D eigenvalue weighted by Crippen LogP contribution is 2.30. The van der Waals surface area contributed by atoms with Crippen LogP contribution in [0.15, 0.2) is 0 Å². The van der Waals surface area contributed by atoms with Crippen LogP contribution in [-0.2, 0) is 4.74 Å². The minimum atomic E-state index is -0.236. The number of carbonyl (C=O) groups excluding carboxylic acids is 1. The van der Waals surface area contributed by atoms with E-state index in [9.17, 15) is 4.79 Å². The number of alkyl carbamates (subject to hydrolysis) is 1. The van der Waals surface area contributed by atoms with Gasteiger partial charge in [-0.2, -0.15) is 0 Å². The van der Waals surface area contributed by atoms with E-state index in [0.717, 1.165) is 32.2 Å². The van der Waals surface area contributed by atoms with Crippen molar-refractivity contribution in [1.29, 1.82) is 0 Å². The molecule has 0 aromatic heterocycles.